The molecule has 11 nitrogen and oxygen atoms in total. The van der Waals surface area contributed by atoms with Gasteiger partial charge in [-0.15, -0.1) is 0 Å². The van der Waals surface area contributed by atoms with Crippen LogP contribution in [0.5, 0.6) is 11.5 Å². The number of carbonyl (C=O) groups is 3. The number of ketones is 1. The third-order valence-electron chi connectivity index (χ3n) is 6.86. The summed E-state index contributed by atoms with van der Waals surface area (Å²) in [6, 6.07) is 6.43. The lowest BCUT2D eigenvalue weighted by molar-refractivity contribution is -0.122. The lowest BCUT2D eigenvalue weighted by Gasteiger charge is -2.34. The van der Waals surface area contributed by atoms with E-state index in [1.54, 1.807) is 43.4 Å². The van der Waals surface area contributed by atoms with Crippen LogP contribution in [0.15, 0.2) is 34.9 Å². The molecule has 3 heterocycles. The van der Waals surface area contributed by atoms with Crippen molar-refractivity contribution in [2.24, 2.45) is 5.92 Å². The zero-order valence-corrected chi connectivity index (χ0v) is 24.2. The number of methoxy groups -OCH3 is 2. The molecule has 0 aliphatic carbocycles. The molecule has 1 aliphatic rings. The third-order valence-corrected chi connectivity index (χ3v) is 7.93. The van der Waals surface area contributed by atoms with Crippen LogP contribution in [0.4, 0.5) is 11.8 Å². The van der Waals surface area contributed by atoms with Gasteiger partial charge in [-0.25, -0.2) is 4.98 Å². The van der Waals surface area contributed by atoms with E-state index in [2.05, 4.69) is 5.32 Å². The molecule has 40 heavy (non-hydrogen) atoms. The van der Waals surface area contributed by atoms with Crippen molar-refractivity contribution in [1.82, 2.24) is 14.9 Å². The Morgan fingerprint density at radius 1 is 1.10 bits per heavy atom. The van der Waals surface area contributed by atoms with Crippen molar-refractivity contribution in [3.05, 3.63) is 36.3 Å². The van der Waals surface area contributed by atoms with Gasteiger partial charge in [0, 0.05) is 56.2 Å². The van der Waals surface area contributed by atoms with Crippen LogP contribution in [-0.2, 0) is 9.59 Å². The molecule has 4 rings (SSSR count). The Kier molecular flexibility index (Phi) is 9.51. The summed E-state index contributed by atoms with van der Waals surface area (Å²) in [5, 5.41) is 4.03. The summed E-state index contributed by atoms with van der Waals surface area (Å²) in [5.74, 6) is 2.31. The van der Waals surface area contributed by atoms with Gasteiger partial charge in [0.25, 0.3) is 5.91 Å². The highest BCUT2D eigenvalue weighted by molar-refractivity contribution is 8.13. The molecule has 2 unspecified atom stereocenters. The predicted molar refractivity (Wildman–Crippen MR) is 154 cm³/mol. The van der Waals surface area contributed by atoms with Crippen molar-refractivity contribution in [2.75, 3.05) is 56.4 Å². The summed E-state index contributed by atoms with van der Waals surface area (Å²) in [6.45, 7) is 7.29. The molecule has 1 aliphatic heterocycles. The number of amides is 1. The Balaban J connectivity index is 1.63. The van der Waals surface area contributed by atoms with Gasteiger partial charge in [0.2, 0.25) is 5.95 Å². The van der Waals surface area contributed by atoms with Crippen LogP contribution >= 0.6 is 11.8 Å². The van der Waals surface area contributed by atoms with E-state index in [1.165, 1.54) is 13.2 Å². The molecule has 2 aromatic heterocycles. The Hall–Kier alpha value is -3.80. The summed E-state index contributed by atoms with van der Waals surface area (Å²) in [5.41, 5.74) is 0.627. The van der Waals surface area contributed by atoms with E-state index in [0.717, 1.165) is 11.8 Å². The minimum atomic E-state index is -0.510. The molecule has 0 radical (unpaired) electrons. The number of hydrogen-bond donors (Lipinski definition) is 1. The van der Waals surface area contributed by atoms with Crippen molar-refractivity contribution in [3.63, 3.8) is 0 Å². The van der Waals surface area contributed by atoms with Gasteiger partial charge < -0.3 is 29.0 Å². The number of Topliss-reactive ketones (excluding diaryl/α,β-unsaturated/α-hetero) is 1. The molecule has 12 heteroatoms. The van der Waals surface area contributed by atoms with E-state index in [0.29, 0.717) is 78.3 Å². The SMILES string of the molecule is CCC(Nc1nc(N2CCN(C(=O)c3ccco3)CC2)nc2cc(OC)c(OC)cc12)C(=O)C(C)CSC(C)=O. The second kappa shape index (κ2) is 13.0. The van der Waals surface area contributed by atoms with Crippen LogP contribution < -0.4 is 19.7 Å². The van der Waals surface area contributed by atoms with Gasteiger partial charge >= 0.3 is 0 Å². The summed E-state index contributed by atoms with van der Waals surface area (Å²) in [7, 11) is 3.12. The van der Waals surface area contributed by atoms with E-state index < -0.39 is 6.04 Å². The number of anilines is 2. The second-order valence-electron chi connectivity index (χ2n) is 9.56. The Labute approximate surface area is 237 Å². The van der Waals surface area contributed by atoms with Crippen molar-refractivity contribution in [3.8, 4) is 11.5 Å². The number of nitrogens with zero attached hydrogens (tertiary/aromatic N) is 4. The molecule has 1 aromatic carbocycles. The molecule has 0 bridgehead atoms. The highest BCUT2D eigenvalue weighted by atomic mass is 32.2. The zero-order valence-electron chi connectivity index (χ0n) is 23.4. The number of piperazine rings is 1. The Bertz CT molecular complexity index is 1360. The standard InChI is InChI=1S/C28H35N5O6S/c1-6-20(25(35)17(2)16-40-18(3)34)29-26-19-14-23(37-4)24(38-5)15-21(19)30-28(31-26)33-11-9-32(10-12-33)27(36)22-8-7-13-39-22/h7-8,13-15,17,20H,6,9-12,16H2,1-5H3,(H,29,30,31). The van der Waals surface area contributed by atoms with E-state index >= 15 is 0 Å². The van der Waals surface area contributed by atoms with Crippen LogP contribution in [0.3, 0.4) is 0 Å². The third kappa shape index (κ3) is 6.49. The molecule has 1 amide bonds. The van der Waals surface area contributed by atoms with Gasteiger partial charge in [-0.05, 0) is 24.6 Å². The average Bonchev–Trinajstić information content (AvgIpc) is 3.52. The van der Waals surface area contributed by atoms with E-state index in [1.807, 2.05) is 18.7 Å². The number of furan rings is 1. The van der Waals surface area contributed by atoms with Crippen LogP contribution in [0, 0.1) is 5.92 Å². The zero-order chi connectivity index (χ0) is 28.8. The van der Waals surface area contributed by atoms with E-state index in [-0.39, 0.29) is 22.7 Å². The number of carbonyl (C=O) groups excluding carboxylic acids is 3. The first kappa shape index (κ1) is 29.2. The molecule has 0 saturated carbocycles. The summed E-state index contributed by atoms with van der Waals surface area (Å²) in [6.07, 6.45) is 2.02. The molecule has 2 atom stereocenters. The van der Waals surface area contributed by atoms with Gasteiger partial charge in [0.15, 0.2) is 28.2 Å². The van der Waals surface area contributed by atoms with Crippen molar-refractivity contribution >= 4 is 51.2 Å². The van der Waals surface area contributed by atoms with E-state index in [4.69, 9.17) is 23.9 Å². The fourth-order valence-electron chi connectivity index (χ4n) is 4.57. The summed E-state index contributed by atoms with van der Waals surface area (Å²) >= 11 is 1.15. The van der Waals surface area contributed by atoms with Crippen LogP contribution in [0.2, 0.25) is 0 Å². The molecule has 1 saturated heterocycles. The molecule has 214 valence electrons. The number of aromatic nitrogens is 2. The molecule has 1 N–H and O–H groups in total. The van der Waals surface area contributed by atoms with Crippen molar-refractivity contribution < 1.29 is 28.3 Å². The number of ether oxygens (including phenoxy) is 2. The van der Waals surface area contributed by atoms with Gasteiger partial charge in [-0.3, -0.25) is 14.4 Å². The number of rotatable bonds is 11. The Morgan fingerprint density at radius 3 is 2.40 bits per heavy atom. The van der Waals surface area contributed by atoms with Crippen LogP contribution in [0.25, 0.3) is 10.9 Å². The Morgan fingerprint density at radius 2 is 1.80 bits per heavy atom. The summed E-state index contributed by atoms with van der Waals surface area (Å²) in [4.78, 5) is 50.9. The first-order valence-electron chi connectivity index (χ1n) is 13.2. The first-order valence-corrected chi connectivity index (χ1v) is 14.2. The number of hydrogen-bond acceptors (Lipinski definition) is 11. The minimum Gasteiger partial charge on any atom is -0.493 e. The average molecular weight is 570 g/mol. The predicted octanol–water partition coefficient (Wildman–Crippen LogP) is 3.88. The largest absolute Gasteiger partial charge is 0.493 e. The maximum atomic E-state index is 13.3. The first-order chi connectivity index (χ1) is 19.2. The number of benzene rings is 1. The van der Waals surface area contributed by atoms with Crippen LogP contribution in [-0.4, -0.2) is 83.9 Å². The lowest BCUT2D eigenvalue weighted by Crippen LogP contribution is -2.49. The van der Waals surface area contributed by atoms with Gasteiger partial charge in [0.1, 0.15) is 5.82 Å². The normalized spacial score (nSPS) is 15.0. The fourth-order valence-corrected chi connectivity index (χ4v) is 5.22. The quantitative estimate of drug-likeness (QED) is 0.361. The minimum absolute atomic E-state index is 0.00934. The number of fused-ring (bicyclic) bond motifs is 1. The highest BCUT2D eigenvalue weighted by Crippen LogP contribution is 2.35. The number of thioether (sulfide) groups is 1. The smallest absolute Gasteiger partial charge is 0.289 e. The molecule has 3 aromatic rings. The molecule has 0 spiro atoms. The van der Waals surface area contributed by atoms with Crippen molar-refractivity contribution in [1.29, 1.82) is 0 Å². The summed E-state index contributed by atoms with van der Waals surface area (Å²) < 4.78 is 16.3. The number of nitrogens with one attached hydrogen (secondary N) is 1. The maximum absolute atomic E-state index is 13.3. The van der Waals surface area contributed by atoms with Crippen molar-refractivity contribution in [2.45, 2.75) is 33.2 Å². The topological polar surface area (TPSA) is 127 Å². The fraction of sp³-hybridized carbons (Fsp3) is 0.464. The molecule has 1 fully saturated rings. The lowest BCUT2D eigenvalue weighted by atomic mass is 9.99. The van der Waals surface area contributed by atoms with Gasteiger partial charge in [-0.1, -0.05) is 25.6 Å². The monoisotopic (exact) mass is 569 g/mol. The molecular formula is C28H35N5O6S. The second-order valence-corrected chi connectivity index (χ2v) is 10.8. The van der Waals surface area contributed by atoms with Gasteiger partial charge in [0.05, 0.1) is 32.0 Å². The highest BCUT2D eigenvalue weighted by Gasteiger charge is 2.28. The molecular weight excluding hydrogens is 534 g/mol. The maximum Gasteiger partial charge on any atom is 0.289 e. The van der Waals surface area contributed by atoms with Gasteiger partial charge in [-0.2, -0.15) is 4.98 Å². The van der Waals surface area contributed by atoms with E-state index in [9.17, 15) is 14.4 Å². The van der Waals surface area contributed by atoms with Crippen LogP contribution in [0.1, 0.15) is 37.7 Å².